The fourth-order valence-corrected chi connectivity index (χ4v) is 2.80. The number of amides is 1. The summed E-state index contributed by atoms with van der Waals surface area (Å²) in [5.41, 5.74) is 4.04. The van der Waals surface area contributed by atoms with Crippen LogP contribution in [0.2, 0.25) is 0 Å². The van der Waals surface area contributed by atoms with E-state index in [0.717, 1.165) is 16.7 Å². The van der Waals surface area contributed by atoms with E-state index in [2.05, 4.69) is 22.4 Å². The number of nitrogens with one attached hydrogen (secondary N) is 1. The molecule has 1 N–H and O–H groups in total. The second-order valence-corrected chi connectivity index (χ2v) is 6.79. The van der Waals surface area contributed by atoms with Gasteiger partial charge >= 0.3 is 6.09 Å². The Kier molecular flexibility index (Phi) is 4.53. The number of fused-ring (bicyclic) bond motifs is 1. The molecule has 0 saturated carbocycles. The predicted octanol–water partition coefficient (Wildman–Crippen LogP) is 3.84. The number of hydrogen-bond donors (Lipinski definition) is 1. The summed E-state index contributed by atoms with van der Waals surface area (Å²) in [6.45, 7) is 6.45. The van der Waals surface area contributed by atoms with Crippen molar-refractivity contribution < 1.29 is 14.3 Å². The summed E-state index contributed by atoms with van der Waals surface area (Å²) in [5.74, 6) is 0. The van der Waals surface area contributed by atoms with Gasteiger partial charge in [0.25, 0.3) is 0 Å². The summed E-state index contributed by atoms with van der Waals surface area (Å²) in [7, 11) is 0. The van der Waals surface area contributed by atoms with Crippen molar-refractivity contribution in [1.82, 2.24) is 10.3 Å². The van der Waals surface area contributed by atoms with E-state index in [4.69, 9.17) is 9.47 Å². The lowest BCUT2D eigenvalue weighted by molar-refractivity contribution is 0.0395. The van der Waals surface area contributed by atoms with Gasteiger partial charge in [-0.15, -0.1) is 0 Å². The van der Waals surface area contributed by atoms with Gasteiger partial charge < -0.3 is 14.8 Å². The third-order valence-corrected chi connectivity index (χ3v) is 3.81. The molecular weight excluding hydrogens is 304 g/mol. The van der Waals surface area contributed by atoms with Crippen molar-refractivity contribution in [2.75, 3.05) is 6.54 Å². The van der Waals surface area contributed by atoms with Gasteiger partial charge in [-0.2, -0.15) is 0 Å². The normalized spacial score (nSPS) is 16.5. The smallest absolute Gasteiger partial charge is 0.407 e. The number of nitrogens with zero attached hydrogens (tertiary/aromatic N) is 1. The molecule has 2 heterocycles. The van der Waals surface area contributed by atoms with Gasteiger partial charge in [0.1, 0.15) is 11.7 Å². The maximum Gasteiger partial charge on any atom is 0.407 e. The molecule has 0 unspecified atom stereocenters. The van der Waals surface area contributed by atoms with E-state index in [0.29, 0.717) is 13.2 Å². The van der Waals surface area contributed by atoms with Crippen LogP contribution in [0.25, 0.3) is 11.1 Å². The molecule has 0 fully saturated rings. The van der Waals surface area contributed by atoms with E-state index in [9.17, 15) is 4.79 Å². The van der Waals surface area contributed by atoms with Crippen LogP contribution in [0.15, 0.2) is 42.7 Å². The zero-order chi connectivity index (χ0) is 17.2. The Morgan fingerprint density at radius 1 is 1.29 bits per heavy atom. The molecule has 1 amide bonds. The van der Waals surface area contributed by atoms with Crippen LogP contribution < -0.4 is 5.32 Å². The average molecular weight is 326 g/mol. The standard InChI is InChI=1S/C19H22N2O3/c1-19(2,3)24-18(22)21-11-17-15-6-4-5-14(16(15)12-23-17)13-7-9-20-10-8-13/h4-10,17H,11-12H2,1-3H3,(H,21,22)/t17-/m0/s1. The minimum absolute atomic E-state index is 0.158. The van der Waals surface area contributed by atoms with E-state index in [1.54, 1.807) is 12.4 Å². The largest absolute Gasteiger partial charge is 0.444 e. The van der Waals surface area contributed by atoms with Gasteiger partial charge in [0.05, 0.1) is 13.2 Å². The zero-order valence-electron chi connectivity index (χ0n) is 14.2. The molecule has 1 aromatic carbocycles. The lowest BCUT2D eigenvalue weighted by atomic mass is 9.95. The van der Waals surface area contributed by atoms with Gasteiger partial charge in [0, 0.05) is 12.4 Å². The summed E-state index contributed by atoms with van der Waals surface area (Å²) < 4.78 is 11.1. The van der Waals surface area contributed by atoms with Crippen LogP contribution in [0.4, 0.5) is 4.79 Å². The third kappa shape index (κ3) is 3.74. The highest BCUT2D eigenvalue weighted by molar-refractivity contribution is 5.70. The first kappa shape index (κ1) is 16.5. The van der Waals surface area contributed by atoms with E-state index in [1.165, 1.54) is 5.56 Å². The van der Waals surface area contributed by atoms with Gasteiger partial charge in [-0.05, 0) is 55.2 Å². The Hall–Kier alpha value is -2.40. The van der Waals surface area contributed by atoms with Crippen LogP contribution in [-0.4, -0.2) is 23.2 Å². The van der Waals surface area contributed by atoms with Crippen molar-refractivity contribution in [3.8, 4) is 11.1 Å². The molecule has 1 aromatic heterocycles. The van der Waals surface area contributed by atoms with Gasteiger partial charge in [-0.1, -0.05) is 18.2 Å². The maximum atomic E-state index is 11.8. The molecular formula is C19H22N2O3. The summed E-state index contributed by atoms with van der Waals surface area (Å²) in [5, 5.41) is 2.79. The lowest BCUT2D eigenvalue weighted by Crippen LogP contribution is -2.34. The molecule has 5 nitrogen and oxygen atoms in total. The summed E-state index contributed by atoms with van der Waals surface area (Å²) >= 11 is 0. The number of carbonyl (C=O) groups is 1. The molecule has 0 spiro atoms. The van der Waals surface area contributed by atoms with Crippen LogP contribution in [0.3, 0.4) is 0 Å². The SMILES string of the molecule is CC(C)(C)OC(=O)NC[C@@H]1OCc2c(-c3ccncc3)cccc21. The quantitative estimate of drug-likeness (QED) is 0.931. The molecule has 2 aromatic rings. The minimum Gasteiger partial charge on any atom is -0.444 e. The Morgan fingerprint density at radius 2 is 2.04 bits per heavy atom. The van der Waals surface area contributed by atoms with E-state index in [1.807, 2.05) is 39.0 Å². The van der Waals surface area contributed by atoms with E-state index < -0.39 is 11.7 Å². The van der Waals surface area contributed by atoms with Crippen LogP contribution in [-0.2, 0) is 16.1 Å². The fourth-order valence-electron chi connectivity index (χ4n) is 2.80. The fraction of sp³-hybridized carbons (Fsp3) is 0.368. The molecule has 126 valence electrons. The topological polar surface area (TPSA) is 60.5 Å². The number of alkyl carbamates (subject to hydrolysis) is 1. The molecule has 0 aliphatic carbocycles. The molecule has 1 aliphatic heterocycles. The van der Waals surface area contributed by atoms with Gasteiger partial charge in [-0.3, -0.25) is 4.98 Å². The Balaban J connectivity index is 1.73. The van der Waals surface area contributed by atoms with Crippen molar-refractivity contribution in [3.05, 3.63) is 53.9 Å². The van der Waals surface area contributed by atoms with Crippen molar-refractivity contribution in [2.24, 2.45) is 0 Å². The highest BCUT2D eigenvalue weighted by atomic mass is 16.6. The number of carbonyl (C=O) groups excluding carboxylic acids is 1. The van der Waals surface area contributed by atoms with Crippen molar-refractivity contribution in [3.63, 3.8) is 0 Å². The number of aromatic nitrogens is 1. The highest BCUT2D eigenvalue weighted by Gasteiger charge is 2.26. The molecule has 3 rings (SSSR count). The minimum atomic E-state index is -0.507. The number of hydrogen-bond acceptors (Lipinski definition) is 4. The maximum absolute atomic E-state index is 11.8. The van der Waals surface area contributed by atoms with Gasteiger partial charge in [0.15, 0.2) is 0 Å². The van der Waals surface area contributed by atoms with Crippen LogP contribution in [0.1, 0.15) is 38.0 Å². The average Bonchev–Trinajstić information content (AvgIpc) is 2.95. The molecule has 0 saturated heterocycles. The number of pyridine rings is 1. The number of ether oxygens (including phenoxy) is 2. The molecule has 1 aliphatic rings. The van der Waals surface area contributed by atoms with E-state index >= 15 is 0 Å². The molecule has 24 heavy (non-hydrogen) atoms. The Bertz CT molecular complexity index is 723. The summed E-state index contributed by atoms with van der Waals surface area (Å²) in [6, 6.07) is 10.1. The first-order valence-electron chi connectivity index (χ1n) is 8.05. The Labute approximate surface area is 142 Å². The van der Waals surface area contributed by atoms with Crippen molar-refractivity contribution in [1.29, 1.82) is 0 Å². The van der Waals surface area contributed by atoms with Crippen LogP contribution in [0, 0.1) is 0 Å². The van der Waals surface area contributed by atoms with Gasteiger partial charge in [0.2, 0.25) is 0 Å². The third-order valence-electron chi connectivity index (χ3n) is 3.81. The van der Waals surface area contributed by atoms with Crippen LogP contribution >= 0.6 is 0 Å². The Morgan fingerprint density at radius 3 is 2.75 bits per heavy atom. The highest BCUT2D eigenvalue weighted by Crippen LogP contribution is 2.36. The summed E-state index contributed by atoms with van der Waals surface area (Å²) in [4.78, 5) is 15.9. The number of benzene rings is 1. The summed E-state index contributed by atoms with van der Waals surface area (Å²) in [6.07, 6.45) is 2.98. The predicted molar refractivity (Wildman–Crippen MR) is 91.4 cm³/mol. The lowest BCUT2D eigenvalue weighted by Gasteiger charge is -2.20. The van der Waals surface area contributed by atoms with Crippen molar-refractivity contribution in [2.45, 2.75) is 39.1 Å². The first-order chi connectivity index (χ1) is 11.4. The second kappa shape index (κ2) is 6.61. The van der Waals surface area contributed by atoms with E-state index in [-0.39, 0.29) is 6.10 Å². The van der Waals surface area contributed by atoms with Crippen molar-refractivity contribution >= 4 is 6.09 Å². The molecule has 5 heteroatoms. The van der Waals surface area contributed by atoms with Crippen LogP contribution in [0.5, 0.6) is 0 Å². The zero-order valence-corrected chi connectivity index (χ0v) is 14.2. The monoisotopic (exact) mass is 326 g/mol. The molecule has 0 radical (unpaired) electrons. The molecule has 0 bridgehead atoms. The molecule has 1 atom stereocenters. The van der Waals surface area contributed by atoms with Gasteiger partial charge in [-0.25, -0.2) is 4.79 Å². The number of rotatable bonds is 3. The first-order valence-corrected chi connectivity index (χ1v) is 8.05. The second-order valence-electron chi connectivity index (χ2n) is 6.79.